The Morgan fingerprint density at radius 1 is 0.542 bits per heavy atom. The lowest BCUT2D eigenvalue weighted by molar-refractivity contribution is -0.689. The van der Waals surface area contributed by atoms with E-state index in [9.17, 15) is 0 Å². The van der Waals surface area contributed by atoms with Gasteiger partial charge in [-0.1, -0.05) is 24.3 Å². The number of hydrogen-bond donors (Lipinski definition) is 0. The highest BCUT2D eigenvalue weighted by Crippen LogP contribution is 2.04. The Bertz CT molecular complexity index is 670. The van der Waals surface area contributed by atoms with Crippen molar-refractivity contribution in [1.82, 2.24) is 0 Å². The summed E-state index contributed by atoms with van der Waals surface area (Å²) in [6.07, 6.45) is 8.52. The molecule has 2 aromatic heterocycles. The number of rotatable bonds is 4. The molecule has 0 saturated carbocycles. The Hall–Kier alpha value is -1.90. The van der Waals surface area contributed by atoms with Crippen molar-refractivity contribution in [2.45, 2.75) is 26.9 Å². The SMILES string of the molecule is Cc1cc[n+](Cc2ccc(C[n+]3ccc(C)cc3)cc2)cc1.[Cl-].[Cl-]. The Kier molecular flexibility index (Phi) is 7.90. The third-order valence-electron chi connectivity index (χ3n) is 3.87. The number of benzene rings is 1. The monoisotopic (exact) mass is 360 g/mol. The molecule has 0 atom stereocenters. The topological polar surface area (TPSA) is 7.76 Å². The molecule has 0 radical (unpaired) electrons. The van der Waals surface area contributed by atoms with Crippen LogP contribution in [0.15, 0.2) is 73.3 Å². The summed E-state index contributed by atoms with van der Waals surface area (Å²) in [6, 6.07) is 17.4. The van der Waals surface area contributed by atoms with Gasteiger partial charge >= 0.3 is 0 Å². The molecule has 0 bridgehead atoms. The second-order valence-electron chi connectivity index (χ2n) is 5.91. The number of aryl methyl sites for hydroxylation is 2. The summed E-state index contributed by atoms with van der Waals surface area (Å²) in [5.41, 5.74) is 5.24. The highest BCUT2D eigenvalue weighted by molar-refractivity contribution is 5.21. The standard InChI is InChI=1S/C20H22N2.2ClH/c1-17-7-11-21(12-8-17)15-19-3-5-20(6-4-19)16-22-13-9-18(2)10-14-22;;/h3-14H,15-16H2,1-2H3;2*1H/q+2;;/p-2. The van der Waals surface area contributed by atoms with E-state index in [0.29, 0.717) is 0 Å². The van der Waals surface area contributed by atoms with Gasteiger partial charge in [0.2, 0.25) is 0 Å². The molecular weight excluding hydrogens is 339 g/mol. The second kappa shape index (κ2) is 9.41. The van der Waals surface area contributed by atoms with Crippen LogP contribution in [-0.2, 0) is 13.1 Å². The fourth-order valence-corrected chi connectivity index (χ4v) is 2.45. The molecule has 0 saturated heterocycles. The minimum atomic E-state index is 0. The molecule has 1 aromatic carbocycles. The van der Waals surface area contributed by atoms with Gasteiger partial charge in [0.15, 0.2) is 37.9 Å². The van der Waals surface area contributed by atoms with E-state index >= 15 is 0 Å². The third kappa shape index (κ3) is 5.63. The zero-order valence-corrected chi connectivity index (χ0v) is 15.5. The molecule has 2 nitrogen and oxygen atoms in total. The third-order valence-corrected chi connectivity index (χ3v) is 3.87. The number of hydrogen-bond acceptors (Lipinski definition) is 0. The summed E-state index contributed by atoms with van der Waals surface area (Å²) >= 11 is 0. The molecule has 24 heavy (non-hydrogen) atoms. The zero-order valence-electron chi connectivity index (χ0n) is 14.0. The van der Waals surface area contributed by atoms with Crippen molar-refractivity contribution in [3.63, 3.8) is 0 Å². The lowest BCUT2D eigenvalue weighted by Crippen LogP contribution is -3.00. The summed E-state index contributed by atoms with van der Waals surface area (Å²) in [7, 11) is 0. The molecule has 0 aliphatic carbocycles. The molecule has 126 valence electrons. The van der Waals surface area contributed by atoms with E-state index < -0.39 is 0 Å². The van der Waals surface area contributed by atoms with Crippen molar-refractivity contribution in [2.75, 3.05) is 0 Å². The smallest absolute Gasteiger partial charge is 0.173 e. The van der Waals surface area contributed by atoms with Gasteiger partial charge in [-0.15, -0.1) is 0 Å². The molecule has 2 heterocycles. The van der Waals surface area contributed by atoms with Crippen molar-refractivity contribution in [1.29, 1.82) is 0 Å². The van der Waals surface area contributed by atoms with Crippen LogP contribution in [0.2, 0.25) is 0 Å². The normalized spacial score (nSPS) is 9.75. The van der Waals surface area contributed by atoms with Gasteiger partial charge in [-0.2, -0.15) is 0 Å². The van der Waals surface area contributed by atoms with Crippen molar-refractivity contribution in [3.05, 3.63) is 95.6 Å². The van der Waals surface area contributed by atoms with E-state index in [-0.39, 0.29) is 24.8 Å². The van der Waals surface area contributed by atoms with Crippen LogP contribution < -0.4 is 33.9 Å². The van der Waals surface area contributed by atoms with Gasteiger partial charge in [0.05, 0.1) is 0 Å². The van der Waals surface area contributed by atoms with Crippen LogP contribution in [-0.4, -0.2) is 0 Å². The average Bonchev–Trinajstić information content (AvgIpc) is 2.54. The predicted octanol–water partition coefficient (Wildman–Crippen LogP) is -3.02. The van der Waals surface area contributed by atoms with E-state index in [2.05, 4.69) is 96.3 Å². The minimum Gasteiger partial charge on any atom is -1.00 e. The molecule has 4 heteroatoms. The average molecular weight is 361 g/mol. The number of pyridine rings is 2. The lowest BCUT2D eigenvalue weighted by atomic mass is 10.1. The predicted molar refractivity (Wildman–Crippen MR) is 87.4 cm³/mol. The summed E-state index contributed by atoms with van der Waals surface area (Å²) in [6.45, 7) is 6.06. The molecule has 0 unspecified atom stereocenters. The molecule has 0 fully saturated rings. The Labute approximate surface area is 156 Å². The van der Waals surface area contributed by atoms with Crippen LogP contribution in [0.1, 0.15) is 22.3 Å². The van der Waals surface area contributed by atoms with Crippen LogP contribution in [0.25, 0.3) is 0 Å². The first-order valence-corrected chi connectivity index (χ1v) is 7.68. The van der Waals surface area contributed by atoms with Crippen LogP contribution >= 0.6 is 0 Å². The molecular formula is C20H22Cl2N2. The van der Waals surface area contributed by atoms with Crippen LogP contribution in [0.4, 0.5) is 0 Å². The van der Waals surface area contributed by atoms with E-state index in [1.54, 1.807) is 0 Å². The first kappa shape index (κ1) is 20.1. The molecule has 0 spiro atoms. The Morgan fingerprint density at radius 2 is 0.833 bits per heavy atom. The first-order chi connectivity index (χ1) is 10.7. The maximum absolute atomic E-state index is 2.22. The summed E-state index contributed by atoms with van der Waals surface area (Å²) in [5.74, 6) is 0. The van der Waals surface area contributed by atoms with E-state index in [1.807, 2.05) is 0 Å². The summed E-state index contributed by atoms with van der Waals surface area (Å²) < 4.78 is 4.41. The number of nitrogens with zero attached hydrogens (tertiary/aromatic N) is 2. The molecule has 0 aliphatic rings. The number of aromatic nitrogens is 2. The molecule has 0 amide bonds. The Morgan fingerprint density at radius 3 is 1.12 bits per heavy atom. The highest BCUT2D eigenvalue weighted by Gasteiger charge is 2.05. The molecule has 0 N–H and O–H groups in total. The highest BCUT2D eigenvalue weighted by atomic mass is 35.5. The number of halogens is 2. The van der Waals surface area contributed by atoms with Crippen LogP contribution in [0.5, 0.6) is 0 Å². The minimum absolute atomic E-state index is 0. The maximum Gasteiger partial charge on any atom is 0.173 e. The van der Waals surface area contributed by atoms with Gasteiger partial charge in [-0.25, -0.2) is 9.13 Å². The van der Waals surface area contributed by atoms with Gasteiger partial charge < -0.3 is 24.8 Å². The quantitative estimate of drug-likeness (QED) is 0.438. The van der Waals surface area contributed by atoms with Gasteiger partial charge in [-0.05, 0) is 25.0 Å². The van der Waals surface area contributed by atoms with Crippen molar-refractivity contribution in [3.8, 4) is 0 Å². The summed E-state index contributed by atoms with van der Waals surface area (Å²) in [4.78, 5) is 0. The molecule has 3 rings (SSSR count). The largest absolute Gasteiger partial charge is 1.00 e. The fraction of sp³-hybridized carbons (Fsp3) is 0.200. The second-order valence-corrected chi connectivity index (χ2v) is 5.91. The van der Waals surface area contributed by atoms with Gasteiger partial charge in [-0.3, -0.25) is 0 Å². The van der Waals surface area contributed by atoms with Gasteiger partial charge in [0, 0.05) is 35.4 Å². The van der Waals surface area contributed by atoms with Crippen LogP contribution in [0, 0.1) is 13.8 Å². The van der Waals surface area contributed by atoms with Crippen molar-refractivity contribution in [2.24, 2.45) is 0 Å². The van der Waals surface area contributed by atoms with E-state index in [1.165, 1.54) is 22.3 Å². The zero-order chi connectivity index (χ0) is 15.4. The van der Waals surface area contributed by atoms with E-state index in [4.69, 9.17) is 0 Å². The van der Waals surface area contributed by atoms with Crippen molar-refractivity contribution < 1.29 is 33.9 Å². The van der Waals surface area contributed by atoms with E-state index in [0.717, 1.165) is 13.1 Å². The Balaban J connectivity index is 0.00000144. The van der Waals surface area contributed by atoms with Gasteiger partial charge in [0.25, 0.3) is 0 Å². The van der Waals surface area contributed by atoms with Gasteiger partial charge in [0.1, 0.15) is 0 Å². The maximum atomic E-state index is 2.22. The lowest BCUT2D eigenvalue weighted by Gasteiger charge is -2.01. The first-order valence-electron chi connectivity index (χ1n) is 7.68. The molecule has 0 aliphatic heterocycles. The fourth-order valence-electron chi connectivity index (χ4n) is 2.45. The summed E-state index contributed by atoms with van der Waals surface area (Å²) in [5, 5.41) is 0. The van der Waals surface area contributed by atoms with Crippen LogP contribution in [0.3, 0.4) is 0 Å². The van der Waals surface area contributed by atoms with Crippen molar-refractivity contribution >= 4 is 0 Å². The molecule has 3 aromatic rings.